The lowest BCUT2D eigenvalue weighted by atomic mass is 10.2. The van der Waals surface area contributed by atoms with E-state index in [1.54, 1.807) is 24.5 Å². The number of hydrogen-bond donors (Lipinski definition) is 2. The molecule has 112 valence electrons. The first-order valence-corrected chi connectivity index (χ1v) is 7.52. The van der Waals surface area contributed by atoms with Gasteiger partial charge in [-0.05, 0) is 24.3 Å². The molecule has 0 amide bonds. The van der Waals surface area contributed by atoms with Crippen molar-refractivity contribution in [2.45, 2.75) is 11.4 Å². The van der Waals surface area contributed by atoms with Crippen LogP contribution in [0.2, 0.25) is 5.02 Å². The molecular formula is C12H10Cl2N2O3S2. The molecule has 0 saturated heterocycles. The minimum Gasteiger partial charge on any atom is -0.467 e. The molecular weight excluding hydrogens is 355 g/mol. The molecule has 1 aromatic heterocycles. The van der Waals surface area contributed by atoms with Crippen LogP contribution in [0.1, 0.15) is 11.3 Å². The first-order chi connectivity index (χ1) is 10.1. The molecule has 5 nitrogen and oxygen atoms in total. The predicted octanol–water partition coefficient (Wildman–Crippen LogP) is 4.29. The normalized spacial score (nSPS) is 10.6. The lowest BCUT2D eigenvalue weighted by Gasteiger charge is -2.12. The van der Waals surface area contributed by atoms with Gasteiger partial charge in [-0.1, -0.05) is 35.4 Å². The van der Waals surface area contributed by atoms with Crippen molar-refractivity contribution in [3.63, 3.8) is 0 Å². The van der Waals surface area contributed by atoms with Crippen molar-refractivity contribution in [2.24, 2.45) is 5.90 Å². The van der Waals surface area contributed by atoms with Gasteiger partial charge in [-0.15, -0.1) is 9.32 Å². The number of nitrogens with one attached hydrogen (secondary N) is 1. The van der Waals surface area contributed by atoms with E-state index < -0.39 is 0 Å². The van der Waals surface area contributed by atoms with Gasteiger partial charge in [-0.2, -0.15) is 5.90 Å². The summed E-state index contributed by atoms with van der Waals surface area (Å²) in [5, 5.41) is 3.61. The Morgan fingerprint density at radius 2 is 2.29 bits per heavy atom. The first-order valence-electron chi connectivity index (χ1n) is 5.61. The third kappa shape index (κ3) is 4.58. The molecule has 0 spiro atoms. The van der Waals surface area contributed by atoms with Crippen molar-refractivity contribution in [1.82, 2.24) is 0 Å². The van der Waals surface area contributed by atoms with E-state index in [1.807, 2.05) is 6.07 Å². The monoisotopic (exact) mass is 364 g/mol. The first kappa shape index (κ1) is 16.6. The van der Waals surface area contributed by atoms with Crippen molar-refractivity contribution < 1.29 is 13.7 Å². The van der Waals surface area contributed by atoms with Crippen molar-refractivity contribution in [3.05, 3.63) is 46.9 Å². The van der Waals surface area contributed by atoms with Crippen LogP contribution in [0.5, 0.6) is 0 Å². The van der Waals surface area contributed by atoms with Gasteiger partial charge >= 0.3 is 0 Å². The molecule has 2 aromatic rings. The summed E-state index contributed by atoms with van der Waals surface area (Å²) in [7, 11) is 0. The Labute approximate surface area is 140 Å². The van der Waals surface area contributed by atoms with E-state index in [4.69, 9.17) is 45.7 Å². The quantitative estimate of drug-likeness (QED) is 0.249. The number of rotatable bonds is 7. The van der Waals surface area contributed by atoms with Crippen molar-refractivity contribution >= 4 is 57.5 Å². The number of thiocarbonyl (C=S) groups is 1. The van der Waals surface area contributed by atoms with Gasteiger partial charge in [-0.3, -0.25) is 0 Å². The van der Waals surface area contributed by atoms with Crippen LogP contribution in [0.4, 0.5) is 5.69 Å². The Morgan fingerprint density at radius 1 is 1.48 bits per heavy atom. The fourth-order valence-corrected chi connectivity index (χ4v) is 2.58. The van der Waals surface area contributed by atoms with Gasteiger partial charge in [0.05, 0.1) is 34.8 Å². The summed E-state index contributed by atoms with van der Waals surface area (Å²) in [5.41, 5.74) is 1.31. The molecule has 0 aliphatic carbocycles. The van der Waals surface area contributed by atoms with E-state index in [0.29, 0.717) is 27.7 Å². The summed E-state index contributed by atoms with van der Waals surface area (Å²) in [5.74, 6) is 5.57. The average Bonchev–Trinajstić information content (AvgIpc) is 2.97. The van der Waals surface area contributed by atoms with Crippen LogP contribution in [0.25, 0.3) is 0 Å². The van der Waals surface area contributed by atoms with Gasteiger partial charge in [0.2, 0.25) is 0 Å². The lowest BCUT2D eigenvalue weighted by molar-refractivity contribution is -0.195. The smallest absolute Gasteiger partial charge is 0.122 e. The SMILES string of the molecule is NOOSc1cc(C(=S)Cl)c(NCc2ccco2)cc1Cl. The van der Waals surface area contributed by atoms with E-state index in [0.717, 1.165) is 17.8 Å². The largest absolute Gasteiger partial charge is 0.467 e. The zero-order valence-electron chi connectivity index (χ0n) is 10.5. The Hall–Kier alpha value is -0.800. The van der Waals surface area contributed by atoms with Gasteiger partial charge in [0.15, 0.2) is 0 Å². The second kappa shape index (κ2) is 8.00. The average molecular weight is 365 g/mol. The maximum absolute atomic E-state index is 6.16. The standard InChI is InChI=1S/C12H10Cl2N2O3S2/c13-9-5-10(16-6-7-2-1-3-17-7)8(12(14)20)4-11(9)21-19-18-15/h1-5,16H,6,15H2. The maximum atomic E-state index is 6.16. The highest BCUT2D eigenvalue weighted by molar-refractivity contribution is 7.94. The molecule has 1 heterocycles. The van der Waals surface area contributed by atoms with Gasteiger partial charge in [0, 0.05) is 11.3 Å². The molecule has 9 heteroatoms. The fourth-order valence-electron chi connectivity index (χ4n) is 1.58. The van der Waals surface area contributed by atoms with E-state index in [9.17, 15) is 0 Å². The van der Waals surface area contributed by atoms with Crippen molar-refractivity contribution in [1.29, 1.82) is 0 Å². The van der Waals surface area contributed by atoms with Gasteiger partial charge < -0.3 is 9.73 Å². The molecule has 0 aliphatic rings. The van der Waals surface area contributed by atoms with E-state index in [-0.39, 0.29) is 4.32 Å². The maximum Gasteiger partial charge on any atom is 0.122 e. The Bertz CT molecular complexity index is 623. The number of hydrogen-bond acceptors (Lipinski definition) is 7. The number of nitrogens with two attached hydrogens (primary N) is 1. The summed E-state index contributed by atoms with van der Waals surface area (Å²) < 4.78 is 10.0. The summed E-state index contributed by atoms with van der Waals surface area (Å²) in [6, 6.07) is 7.04. The Balaban J connectivity index is 2.22. The van der Waals surface area contributed by atoms with Gasteiger partial charge in [0.1, 0.15) is 10.1 Å². The van der Waals surface area contributed by atoms with Crippen molar-refractivity contribution in [2.75, 3.05) is 5.32 Å². The highest BCUT2D eigenvalue weighted by Crippen LogP contribution is 2.34. The lowest BCUT2D eigenvalue weighted by Crippen LogP contribution is -2.04. The van der Waals surface area contributed by atoms with E-state index in [2.05, 4.69) is 14.6 Å². The molecule has 2 rings (SSSR count). The van der Waals surface area contributed by atoms with Crippen LogP contribution in [0, 0.1) is 0 Å². The minimum absolute atomic E-state index is 0.198. The second-order valence-electron chi connectivity index (χ2n) is 3.78. The molecule has 0 aliphatic heterocycles. The van der Waals surface area contributed by atoms with Crippen LogP contribution < -0.4 is 11.2 Å². The van der Waals surface area contributed by atoms with Crippen LogP contribution in [-0.4, -0.2) is 4.32 Å². The Kier molecular flexibility index (Phi) is 6.31. The summed E-state index contributed by atoms with van der Waals surface area (Å²) >= 11 is 18.0. The molecule has 0 saturated carbocycles. The second-order valence-corrected chi connectivity index (χ2v) is 5.94. The predicted molar refractivity (Wildman–Crippen MR) is 87.3 cm³/mol. The molecule has 0 radical (unpaired) electrons. The zero-order chi connectivity index (χ0) is 15.2. The summed E-state index contributed by atoms with van der Waals surface area (Å²) in [4.78, 5) is 4.61. The highest BCUT2D eigenvalue weighted by atomic mass is 35.5. The molecule has 21 heavy (non-hydrogen) atoms. The van der Waals surface area contributed by atoms with Crippen LogP contribution in [0.3, 0.4) is 0 Å². The van der Waals surface area contributed by atoms with E-state index >= 15 is 0 Å². The number of furan rings is 1. The molecule has 0 unspecified atom stereocenters. The molecule has 0 bridgehead atoms. The third-order valence-corrected chi connectivity index (χ3v) is 3.99. The number of benzene rings is 1. The van der Waals surface area contributed by atoms with Crippen LogP contribution in [-0.2, 0) is 15.9 Å². The van der Waals surface area contributed by atoms with Gasteiger partial charge in [-0.25, -0.2) is 0 Å². The molecule has 1 aromatic carbocycles. The summed E-state index contributed by atoms with van der Waals surface area (Å²) in [6.45, 7) is 0.477. The molecule has 0 fully saturated rings. The molecule has 3 N–H and O–H groups in total. The topological polar surface area (TPSA) is 69.7 Å². The molecule has 0 atom stereocenters. The van der Waals surface area contributed by atoms with E-state index in [1.165, 1.54) is 0 Å². The van der Waals surface area contributed by atoms with Crippen molar-refractivity contribution in [3.8, 4) is 0 Å². The van der Waals surface area contributed by atoms with Gasteiger partial charge in [0.25, 0.3) is 0 Å². The Morgan fingerprint density at radius 3 is 2.90 bits per heavy atom. The number of anilines is 1. The number of halogens is 2. The minimum atomic E-state index is 0.198. The zero-order valence-corrected chi connectivity index (χ0v) is 13.6. The van der Waals surface area contributed by atoms with Crippen LogP contribution in [0.15, 0.2) is 39.8 Å². The summed E-state index contributed by atoms with van der Waals surface area (Å²) in [6.07, 6.45) is 1.60. The highest BCUT2D eigenvalue weighted by Gasteiger charge is 2.13. The fraction of sp³-hybridized carbons (Fsp3) is 0.0833. The van der Waals surface area contributed by atoms with Crippen LogP contribution >= 0.6 is 47.5 Å². The third-order valence-electron chi connectivity index (χ3n) is 2.48.